The molecular formula is C21H17NO2. The summed E-state index contributed by atoms with van der Waals surface area (Å²) in [5.74, 6) is 0.776. The minimum atomic E-state index is -1.26. The first-order valence-electron chi connectivity index (χ1n) is 7.84. The van der Waals surface area contributed by atoms with Crippen LogP contribution in [0.4, 0.5) is 5.69 Å². The maximum absolute atomic E-state index is 11.7. The molecule has 1 N–H and O–H groups in total. The van der Waals surface area contributed by atoms with Crippen LogP contribution in [0.3, 0.4) is 0 Å². The molecule has 3 aromatic carbocycles. The van der Waals surface area contributed by atoms with Crippen molar-refractivity contribution < 1.29 is 9.84 Å². The number of aliphatic hydroxyl groups is 1. The van der Waals surface area contributed by atoms with E-state index < -0.39 is 5.60 Å². The Balaban J connectivity index is 1.92. The number of hydrogen-bond acceptors (Lipinski definition) is 3. The van der Waals surface area contributed by atoms with Gasteiger partial charge in [0.15, 0.2) is 5.60 Å². The van der Waals surface area contributed by atoms with Crippen LogP contribution in [-0.4, -0.2) is 17.9 Å². The van der Waals surface area contributed by atoms with Crippen molar-refractivity contribution in [3.8, 4) is 5.75 Å². The molecule has 24 heavy (non-hydrogen) atoms. The number of rotatable bonds is 3. The summed E-state index contributed by atoms with van der Waals surface area (Å²) < 4.78 is 5.23. The molecule has 1 aliphatic rings. The lowest BCUT2D eigenvalue weighted by Gasteiger charge is -2.27. The highest BCUT2D eigenvalue weighted by atomic mass is 16.5. The van der Waals surface area contributed by atoms with Gasteiger partial charge < -0.3 is 9.84 Å². The smallest absolute Gasteiger partial charge is 0.160 e. The van der Waals surface area contributed by atoms with Crippen LogP contribution in [0.5, 0.6) is 5.75 Å². The van der Waals surface area contributed by atoms with Gasteiger partial charge in [0, 0.05) is 5.56 Å². The van der Waals surface area contributed by atoms with Crippen molar-refractivity contribution in [1.29, 1.82) is 0 Å². The Morgan fingerprint density at radius 3 is 2.21 bits per heavy atom. The van der Waals surface area contributed by atoms with Crippen molar-refractivity contribution in [2.75, 3.05) is 7.11 Å². The topological polar surface area (TPSA) is 41.8 Å². The van der Waals surface area contributed by atoms with Crippen molar-refractivity contribution in [2.45, 2.75) is 5.60 Å². The van der Waals surface area contributed by atoms with Gasteiger partial charge in [-0.2, -0.15) is 0 Å². The lowest BCUT2D eigenvalue weighted by atomic mass is 9.81. The second kappa shape index (κ2) is 5.62. The first-order chi connectivity index (χ1) is 11.7. The molecule has 1 heterocycles. The average molecular weight is 315 g/mol. The van der Waals surface area contributed by atoms with Gasteiger partial charge in [-0.1, -0.05) is 48.5 Å². The summed E-state index contributed by atoms with van der Waals surface area (Å²) in [6.07, 6.45) is 0. The molecular weight excluding hydrogens is 298 g/mol. The molecule has 0 bridgehead atoms. The van der Waals surface area contributed by atoms with Crippen molar-refractivity contribution in [3.63, 3.8) is 0 Å². The van der Waals surface area contributed by atoms with E-state index in [1.807, 2.05) is 78.9 Å². The van der Waals surface area contributed by atoms with Crippen LogP contribution in [0.15, 0.2) is 83.9 Å². The quantitative estimate of drug-likeness (QED) is 0.792. The largest absolute Gasteiger partial charge is 0.497 e. The fourth-order valence-corrected chi connectivity index (χ4v) is 3.20. The number of hydrogen-bond donors (Lipinski definition) is 1. The SMILES string of the molecule is COc1ccc(C2=Nc3ccccc3C2(O)c2ccccc2)cc1. The minimum absolute atomic E-state index is 0.637. The number of methoxy groups -OCH3 is 1. The molecule has 1 unspecified atom stereocenters. The van der Waals surface area contributed by atoms with Gasteiger partial charge in [-0.3, -0.25) is 0 Å². The van der Waals surface area contributed by atoms with Crippen molar-refractivity contribution >= 4 is 11.4 Å². The maximum atomic E-state index is 11.7. The molecule has 0 fully saturated rings. The summed E-state index contributed by atoms with van der Waals surface area (Å²) in [4.78, 5) is 4.73. The number of aliphatic imine (C=N–C) groups is 1. The van der Waals surface area contributed by atoms with Crippen LogP contribution in [-0.2, 0) is 5.60 Å². The summed E-state index contributed by atoms with van der Waals surface area (Å²) >= 11 is 0. The van der Waals surface area contributed by atoms with Crippen molar-refractivity contribution in [2.24, 2.45) is 4.99 Å². The Hall–Kier alpha value is -2.91. The molecule has 4 rings (SSSR count). The number of nitrogens with zero attached hydrogens (tertiary/aromatic N) is 1. The van der Waals surface area contributed by atoms with Crippen molar-refractivity contribution in [1.82, 2.24) is 0 Å². The van der Waals surface area contributed by atoms with E-state index in [1.165, 1.54) is 0 Å². The Morgan fingerprint density at radius 1 is 0.833 bits per heavy atom. The van der Waals surface area contributed by atoms with E-state index in [9.17, 15) is 5.11 Å². The highest BCUT2D eigenvalue weighted by Crippen LogP contribution is 2.44. The fraction of sp³-hybridized carbons (Fsp3) is 0.0952. The van der Waals surface area contributed by atoms with E-state index in [0.29, 0.717) is 5.71 Å². The van der Waals surface area contributed by atoms with Gasteiger partial charge in [0.2, 0.25) is 0 Å². The number of fused-ring (bicyclic) bond motifs is 1. The molecule has 0 aliphatic carbocycles. The summed E-state index contributed by atoms with van der Waals surface area (Å²) in [6, 6.07) is 25.0. The van der Waals surface area contributed by atoms with Gasteiger partial charge in [0.1, 0.15) is 5.75 Å². The molecule has 1 aliphatic heterocycles. The molecule has 0 radical (unpaired) electrons. The molecule has 0 spiro atoms. The normalized spacial score (nSPS) is 18.8. The molecule has 3 nitrogen and oxygen atoms in total. The van der Waals surface area contributed by atoms with E-state index in [2.05, 4.69) is 0 Å². The first-order valence-corrected chi connectivity index (χ1v) is 7.84. The summed E-state index contributed by atoms with van der Waals surface area (Å²) in [5.41, 5.74) is 2.67. The Bertz CT molecular complexity index is 901. The zero-order valence-electron chi connectivity index (χ0n) is 13.3. The lowest BCUT2D eigenvalue weighted by Crippen LogP contribution is -2.34. The Kier molecular flexibility index (Phi) is 3.44. The first kappa shape index (κ1) is 14.7. The van der Waals surface area contributed by atoms with Crippen LogP contribution in [0.25, 0.3) is 0 Å². The van der Waals surface area contributed by atoms with Crippen LogP contribution in [0.2, 0.25) is 0 Å². The summed E-state index contributed by atoms with van der Waals surface area (Å²) in [6.45, 7) is 0. The third-order valence-electron chi connectivity index (χ3n) is 4.42. The molecule has 0 aromatic heterocycles. The van der Waals surface area contributed by atoms with E-state index in [4.69, 9.17) is 9.73 Å². The zero-order chi connectivity index (χ0) is 16.6. The molecule has 1 atom stereocenters. The highest BCUT2D eigenvalue weighted by molar-refractivity contribution is 6.13. The predicted molar refractivity (Wildman–Crippen MR) is 95.1 cm³/mol. The second-order valence-corrected chi connectivity index (χ2v) is 5.78. The van der Waals surface area contributed by atoms with Crippen LogP contribution in [0.1, 0.15) is 16.7 Å². The molecule has 118 valence electrons. The van der Waals surface area contributed by atoms with Gasteiger partial charge in [0.05, 0.1) is 18.5 Å². The molecule has 3 heteroatoms. The number of para-hydroxylation sites is 1. The standard InChI is InChI=1S/C21H17NO2/c1-24-17-13-11-15(12-14-17)20-21(23,16-7-3-2-4-8-16)18-9-5-6-10-19(18)22-20/h2-14,23H,1H3. The van der Waals surface area contributed by atoms with E-state index in [1.54, 1.807) is 7.11 Å². The number of benzene rings is 3. The molecule has 0 amide bonds. The lowest BCUT2D eigenvalue weighted by molar-refractivity contribution is 0.160. The van der Waals surface area contributed by atoms with Gasteiger partial charge in [-0.15, -0.1) is 0 Å². The third-order valence-corrected chi connectivity index (χ3v) is 4.42. The summed E-state index contributed by atoms with van der Waals surface area (Å²) in [7, 11) is 1.64. The fourth-order valence-electron chi connectivity index (χ4n) is 3.20. The van der Waals surface area contributed by atoms with Crippen molar-refractivity contribution in [3.05, 3.63) is 95.6 Å². The van der Waals surface area contributed by atoms with Crippen LogP contribution < -0.4 is 4.74 Å². The Morgan fingerprint density at radius 2 is 1.50 bits per heavy atom. The van der Waals surface area contributed by atoms with Gasteiger partial charge >= 0.3 is 0 Å². The minimum Gasteiger partial charge on any atom is -0.497 e. The Labute approximate surface area is 140 Å². The molecule has 0 saturated heterocycles. The molecule has 0 saturated carbocycles. The monoisotopic (exact) mass is 315 g/mol. The maximum Gasteiger partial charge on any atom is 0.160 e. The van der Waals surface area contributed by atoms with E-state index in [0.717, 1.165) is 28.1 Å². The second-order valence-electron chi connectivity index (χ2n) is 5.78. The third kappa shape index (κ3) is 2.14. The zero-order valence-corrected chi connectivity index (χ0v) is 13.3. The van der Waals surface area contributed by atoms with E-state index in [-0.39, 0.29) is 0 Å². The van der Waals surface area contributed by atoms with Crippen LogP contribution in [0, 0.1) is 0 Å². The molecule has 3 aromatic rings. The predicted octanol–water partition coefficient (Wildman–Crippen LogP) is 4.07. The van der Waals surface area contributed by atoms with Gasteiger partial charge in [-0.25, -0.2) is 4.99 Å². The van der Waals surface area contributed by atoms with E-state index >= 15 is 0 Å². The summed E-state index contributed by atoms with van der Waals surface area (Å²) in [5, 5.41) is 11.7. The van der Waals surface area contributed by atoms with Crippen LogP contribution >= 0.6 is 0 Å². The van der Waals surface area contributed by atoms with Gasteiger partial charge in [0.25, 0.3) is 0 Å². The highest BCUT2D eigenvalue weighted by Gasteiger charge is 2.43. The number of ether oxygens (including phenoxy) is 1. The van der Waals surface area contributed by atoms with Gasteiger partial charge in [-0.05, 0) is 41.5 Å². The average Bonchev–Trinajstić information content (AvgIpc) is 2.97.